The molecule has 4 nitrogen and oxygen atoms in total. The van der Waals surface area contributed by atoms with Crippen LogP contribution in [0.15, 0.2) is 30.3 Å². The van der Waals surface area contributed by atoms with Gasteiger partial charge in [0, 0.05) is 37.2 Å². The van der Waals surface area contributed by atoms with E-state index in [2.05, 4.69) is 24.1 Å². The lowest BCUT2D eigenvalue weighted by atomic mass is 9.99. The molecule has 2 atom stereocenters. The topological polar surface area (TPSA) is 52.6 Å². The summed E-state index contributed by atoms with van der Waals surface area (Å²) >= 11 is 1.94. The summed E-state index contributed by atoms with van der Waals surface area (Å²) in [6.45, 7) is 6.12. The maximum atomic E-state index is 13.0. The summed E-state index contributed by atoms with van der Waals surface area (Å²) in [5, 5.41) is 12.4. The molecule has 5 heteroatoms. The molecule has 23 heavy (non-hydrogen) atoms. The van der Waals surface area contributed by atoms with E-state index in [9.17, 15) is 9.90 Å². The quantitative estimate of drug-likeness (QED) is 0.802. The molecule has 1 amide bonds. The fraction of sp³-hybridized carbons (Fsp3) is 0.611. The number of aliphatic hydroxyl groups excluding tert-OH is 1. The standard InChI is InChI=1S/C18H28N2O2S/c1-14(2)16(8-11-21)19-18(22)17(15-6-4-3-5-7-15)20-9-12-23-13-10-20/h3-7,14,16-17,21H,8-13H2,1-2H3,(H,19,22). The SMILES string of the molecule is CC(C)C(CCO)NC(=O)C(c1ccccc1)N1CCSCC1. The van der Waals surface area contributed by atoms with Gasteiger partial charge in [0.1, 0.15) is 6.04 Å². The molecule has 0 spiro atoms. The summed E-state index contributed by atoms with van der Waals surface area (Å²) < 4.78 is 0. The van der Waals surface area contributed by atoms with Gasteiger partial charge in [0.05, 0.1) is 0 Å². The Kier molecular flexibility index (Phi) is 7.40. The number of hydrogen-bond acceptors (Lipinski definition) is 4. The molecule has 1 saturated heterocycles. The second kappa shape index (κ2) is 9.30. The van der Waals surface area contributed by atoms with Crippen LogP contribution in [0.4, 0.5) is 0 Å². The number of carbonyl (C=O) groups is 1. The first-order chi connectivity index (χ1) is 11.1. The van der Waals surface area contributed by atoms with Crippen LogP contribution in [0.2, 0.25) is 0 Å². The van der Waals surface area contributed by atoms with Crippen molar-refractivity contribution in [1.82, 2.24) is 10.2 Å². The third kappa shape index (κ3) is 5.23. The minimum absolute atomic E-state index is 0.0119. The number of carbonyl (C=O) groups excluding carboxylic acids is 1. The molecule has 128 valence electrons. The minimum Gasteiger partial charge on any atom is -0.396 e. The maximum absolute atomic E-state index is 13.0. The van der Waals surface area contributed by atoms with E-state index >= 15 is 0 Å². The molecule has 0 bridgehead atoms. The minimum atomic E-state index is -0.239. The summed E-state index contributed by atoms with van der Waals surface area (Å²) in [7, 11) is 0. The lowest BCUT2D eigenvalue weighted by molar-refractivity contribution is -0.127. The summed E-state index contributed by atoms with van der Waals surface area (Å²) in [6, 6.07) is 9.79. The molecule has 1 aliphatic heterocycles. The third-order valence-corrected chi connectivity index (χ3v) is 5.29. The van der Waals surface area contributed by atoms with Gasteiger partial charge >= 0.3 is 0 Å². The predicted octanol–water partition coefficient (Wildman–Crippen LogP) is 2.30. The van der Waals surface area contributed by atoms with Crippen LogP contribution in [0.25, 0.3) is 0 Å². The number of hydrogen-bond donors (Lipinski definition) is 2. The fourth-order valence-electron chi connectivity index (χ4n) is 2.97. The molecule has 0 saturated carbocycles. The highest BCUT2D eigenvalue weighted by molar-refractivity contribution is 7.99. The summed E-state index contributed by atoms with van der Waals surface area (Å²) in [4.78, 5) is 15.3. The fourth-order valence-corrected chi connectivity index (χ4v) is 3.90. The number of rotatable bonds is 7. The van der Waals surface area contributed by atoms with Crippen molar-refractivity contribution in [3.05, 3.63) is 35.9 Å². The van der Waals surface area contributed by atoms with E-state index in [-0.39, 0.29) is 24.6 Å². The van der Waals surface area contributed by atoms with E-state index in [0.29, 0.717) is 12.3 Å². The Morgan fingerprint density at radius 1 is 1.26 bits per heavy atom. The van der Waals surface area contributed by atoms with Crippen molar-refractivity contribution in [3.8, 4) is 0 Å². The lowest BCUT2D eigenvalue weighted by Gasteiger charge is -2.35. The first kappa shape index (κ1) is 18.3. The largest absolute Gasteiger partial charge is 0.396 e. The molecule has 0 aromatic heterocycles. The lowest BCUT2D eigenvalue weighted by Crippen LogP contribution is -2.48. The smallest absolute Gasteiger partial charge is 0.242 e. The van der Waals surface area contributed by atoms with Gasteiger partial charge in [-0.3, -0.25) is 9.69 Å². The van der Waals surface area contributed by atoms with Crippen LogP contribution in [-0.4, -0.2) is 53.2 Å². The molecule has 0 aliphatic carbocycles. The molecule has 1 aliphatic rings. The number of thioether (sulfide) groups is 1. The van der Waals surface area contributed by atoms with Gasteiger partial charge in [-0.05, 0) is 17.9 Å². The Hall–Kier alpha value is -1.04. The van der Waals surface area contributed by atoms with Crippen molar-refractivity contribution >= 4 is 17.7 Å². The van der Waals surface area contributed by atoms with Crippen LogP contribution in [0.5, 0.6) is 0 Å². The van der Waals surface area contributed by atoms with Crippen LogP contribution in [-0.2, 0) is 4.79 Å². The third-order valence-electron chi connectivity index (χ3n) is 4.35. The van der Waals surface area contributed by atoms with Crippen LogP contribution in [0.3, 0.4) is 0 Å². The van der Waals surface area contributed by atoms with E-state index in [4.69, 9.17) is 0 Å². The molecule has 1 aromatic rings. The predicted molar refractivity (Wildman–Crippen MR) is 96.6 cm³/mol. The Labute approximate surface area is 143 Å². The molecule has 1 heterocycles. The van der Waals surface area contributed by atoms with Gasteiger partial charge in [-0.1, -0.05) is 44.2 Å². The van der Waals surface area contributed by atoms with E-state index in [0.717, 1.165) is 30.2 Å². The molecule has 2 unspecified atom stereocenters. The molecular formula is C18H28N2O2S. The highest BCUT2D eigenvalue weighted by atomic mass is 32.2. The number of amides is 1. The number of nitrogens with one attached hydrogen (secondary N) is 1. The van der Waals surface area contributed by atoms with Crippen molar-refractivity contribution in [1.29, 1.82) is 0 Å². The van der Waals surface area contributed by atoms with Crippen LogP contribution < -0.4 is 5.32 Å². The highest BCUT2D eigenvalue weighted by Crippen LogP contribution is 2.25. The molecule has 1 fully saturated rings. The van der Waals surface area contributed by atoms with Crippen molar-refractivity contribution < 1.29 is 9.90 Å². The summed E-state index contributed by atoms with van der Waals surface area (Å²) in [5.41, 5.74) is 1.04. The molecular weight excluding hydrogens is 308 g/mol. The molecule has 2 N–H and O–H groups in total. The second-order valence-corrected chi connectivity index (χ2v) is 7.56. The Morgan fingerprint density at radius 3 is 2.48 bits per heavy atom. The monoisotopic (exact) mass is 336 g/mol. The summed E-state index contributed by atoms with van der Waals surface area (Å²) in [6.07, 6.45) is 0.598. The van der Waals surface area contributed by atoms with Gasteiger partial charge in [0.15, 0.2) is 0 Å². The van der Waals surface area contributed by atoms with E-state index in [1.54, 1.807) is 0 Å². The maximum Gasteiger partial charge on any atom is 0.242 e. The van der Waals surface area contributed by atoms with Crippen LogP contribution >= 0.6 is 11.8 Å². The normalized spacial score (nSPS) is 18.6. The number of nitrogens with zero attached hydrogens (tertiary/aromatic N) is 1. The zero-order valence-corrected chi connectivity index (χ0v) is 14.9. The van der Waals surface area contributed by atoms with Crippen molar-refractivity contribution in [3.63, 3.8) is 0 Å². The zero-order valence-electron chi connectivity index (χ0n) is 14.1. The van der Waals surface area contributed by atoms with E-state index in [1.807, 2.05) is 42.1 Å². The number of aliphatic hydroxyl groups is 1. The van der Waals surface area contributed by atoms with Gasteiger partial charge in [-0.25, -0.2) is 0 Å². The average molecular weight is 337 g/mol. The van der Waals surface area contributed by atoms with Crippen molar-refractivity contribution in [2.45, 2.75) is 32.4 Å². The molecule has 2 rings (SSSR count). The average Bonchev–Trinajstić information content (AvgIpc) is 2.56. The first-order valence-corrected chi connectivity index (χ1v) is 9.57. The molecule has 0 radical (unpaired) electrons. The first-order valence-electron chi connectivity index (χ1n) is 8.41. The van der Waals surface area contributed by atoms with Crippen LogP contribution in [0, 0.1) is 5.92 Å². The van der Waals surface area contributed by atoms with E-state index < -0.39 is 0 Å². The van der Waals surface area contributed by atoms with Gasteiger partial charge in [-0.2, -0.15) is 11.8 Å². The Bertz CT molecular complexity index is 475. The Balaban J connectivity index is 2.17. The van der Waals surface area contributed by atoms with Gasteiger partial charge in [0.25, 0.3) is 0 Å². The van der Waals surface area contributed by atoms with Crippen molar-refractivity contribution in [2.24, 2.45) is 5.92 Å². The van der Waals surface area contributed by atoms with Gasteiger partial charge in [0.2, 0.25) is 5.91 Å². The van der Waals surface area contributed by atoms with Crippen molar-refractivity contribution in [2.75, 3.05) is 31.2 Å². The Morgan fingerprint density at radius 2 is 1.91 bits per heavy atom. The van der Waals surface area contributed by atoms with Gasteiger partial charge in [-0.15, -0.1) is 0 Å². The molecule has 1 aromatic carbocycles. The summed E-state index contributed by atoms with van der Waals surface area (Å²) in [5.74, 6) is 2.50. The number of benzene rings is 1. The second-order valence-electron chi connectivity index (χ2n) is 6.33. The highest BCUT2D eigenvalue weighted by Gasteiger charge is 2.30. The van der Waals surface area contributed by atoms with Gasteiger partial charge < -0.3 is 10.4 Å². The zero-order chi connectivity index (χ0) is 16.7. The van der Waals surface area contributed by atoms with E-state index in [1.165, 1.54) is 0 Å². The van der Waals surface area contributed by atoms with Crippen LogP contribution in [0.1, 0.15) is 31.9 Å².